The maximum atomic E-state index is 12.8. The maximum absolute atomic E-state index is 12.8. The first-order valence-electron chi connectivity index (χ1n) is 4.83. The number of halogens is 3. The SMILES string of the molecule is CCOC(=O)Cc1cnc(N)c(Br)c1C(F)F. The Balaban J connectivity index is 3.07. The van der Waals surface area contributed by atoms with Crippen molar-refractivity contribution in [1.82, 2.24) is 4.98 Å². The third-order valence-corrected chi connectivity index (χ3v) is 2.86. The van der Waals surface area contributed by atoms with E-state index in [0.29, 0.717) is 0 Å². The minimum Gasteiger partial charge on any atom is -0.466 e. The van der Waals surface area contributed by atoms with Crippen molar-refractivity contribution >= 4 is 27.7 Å². The Morgan fingerprint density at radius 3 is 2.82 bits per heavy atom. The van der Waals surface area contributed by atoms with Gasteiger partial charge in [-0.05, 0) is 28.4 Å². The molecule has 1 rings (SSSR count). The molecule has 1 aromatic heterocycles. The van der Waals surface area contributed by atoms with Crippen LogP contribution in [0.5, 0.6) is 0 Å². The van der Waals surface area contributed by atoms with Gasteiger partial charge in [0, 0.05) is 11.8 Å². The summed E-state index contributed by atoms with van der Waals surface area (Å²) in [6, 6.07) is 0. The molecule has 0 saturated heterocycles. The molecule has 7 heteroatoms. The number of rotatable bonds is 4. The Morgan fingerprint density at radius 2 is 2.29 bits per heavy atom. The van der Waals surface area contributed by atoms with Gasteiger partial charge in [-0.3, -0.25) is 4.79 Å². The lowest BCUT2D eigenvalue weighted by atomic mass is 10.1. The summed E-state index contributed by atoms with van der Waals surface area (Å²) in [5.41, 5.74) is 5.21. The van der Waals surface area contributed by atoms with Crippen molar-refractivity contribution in [3.8, 4) is 0 Å². The zero-order chi connectivity index (χ0) is 13.0. The van der Waals surface area contributed by atoms with Crippen LogP contribution < -0.4 is 5.73 Å². The van der Waals surface area contributed by atoms with Crippen LogP contribution in [0.2, 0.25) is 0 Å². The molecule has 0 fully saturated rings. The summed E-state index contributed by atoms with van der Waals surface area (Å²) in [4.78, 5) is 15.0. The normalized spacial score (nSPS) is 10.6. The van der Waals surface area contributed by atoms with E-state index in [9.17, 15) is 13.6 Å². The first kappa shape index (κ1) is 13.8. The second kappa shape index (κ2) is 5.90. The average Bonchev–Trinajstić information content (AvgIpc) is 2.23. The van der Waals surface area contributed by atoms with Crippen molar-refractivity contribution in [3.05, 3.63) is 21.8 Å². The van der Waals surface area contributed by atoms with E-state index in [1.807, 2.05) is 0 Å². The molecule has 0 aliphatic rings. The number of nitrogens with zero attached hydrogens (tertiary/aromatic N) is 1. The van der Waals surface area contributed by atoms with Crippen molar-refractivity contribution in [2.45, 2.75) is 19.8 Å². The van der Waals surface area contributed by atoms with Crippen LogP contribution in [0.3, 0.4) is 0 Å². The van der Waals surface area contributed by atoms with E-state index in [-0.39, 0.29) is 34.4 Å². The number of pyridine rings is 1. The third-order valence-electron chi connectivity index (χ3n) is 2.03. The van der Waals surface area contributed by atoms with Gasteiger partial charge < -0.3 is 10.5 Å². The number of carbonyl (C=O) groups excluding carboxylic acids is 1. The molecule has 0 radical (unpaired) electrons. The molecule has 1 heterocycles. The molecule has 0 aliphatic carbocycles. The number of nitrogens with two attached hydrogens (primary N) is 1. The minimum atomic E-state index is -2.74. The molecule has 0 amide bonds. The number of anilines is 1. The van der Waals surface area contributed by atoms with Gasteiger partial charge in [0.15, 0.2) is 0 Å². The molecule has 4 nitrogen and oxygen atoms in total. The fourth-order valence-corrected chi connectivity index (χ4v) is 1.83. The molecule has 0 spiro atoms. The van der Waals surface area contributed by atoms with Gasteiger partial charge in [-0.25, -0.2) is 13.8 Å². The van der Waals surface area contributed by atoms with Crippen LogP contribution in [0, 0.1) is 0 Å². The molecule has 17 heavy (non-hydrogen) atoms. The first-order valence-corrected chi connectivity index (χ1v) is 5.63. The lowest BCUT2D eigenvalue weighted by Crippen LogP contribution is -2.11. The molecule has 0 bridgehead atoms. The largest absolute Gasteiger partial charge is 0.466 e. The highest BCUT2D eigenvalue weighted by Gasteiger charge is 2.21. The Hall–Kier alpha value is -1.24. The highest BCUT2D eigenvalue weighted by Crippen LogP contribution is 2.33. The number of aromatic nitrogens is 1. The topological polar surface area (TPSA) is 65.2 Å². The van der Waals surface area contributed by atoms with Gasteiger partial charge >= 0.3 is 5.97 Å². The monoisotopic (exact) mass is 308 g/mol. The van der Waals surface area contributed by atoms with Gasteiger partial charge in [-0.15, -0.1) is 0 Å². The second-order valence-electron chi connectivity index (χ2n) is 3.18. The number of carbonyl (C=O) groups is 1. The molecular weight excluding hydrogens is 298 g/mol. The van der Waals surface area contributed by atoms with Crippen LogP contribution in [0.25, 0.3) is 0 Å². The van der Waals surface area contributed by atoms with Crippen LogP contribution in [-0.4, -0.2) is 17.6 Å². The van der Waals surface area contributed by atoms with Crippen LogP contribution in [0.4, 0.5) is 14.6 Å². The summed E-state index contributed by atoms with van der Waals surface area (Å²) in [6.45, 7) is 1.84. The summed E-state index contributed by atoms with van der Waals surface area (Å²) in [5, 5.41) is 0. The summed E-state index contributed by atoms with van der Waals surface area (Å²) in [6.07, 6.45) is -1.82. The number of esters is 1. The average molecular weight is 309 g/mol. The molecule has 0 unspecified atom stereocenters. The van der Waals surface area contributed by atoms with Crippen LogP contribution in [0.1, 0.15) is 24.5 Å². The van der Waals surface area contributed by atoms with Crippen molar-refractivity contribution < 1.29 is 18.3 Å². The van der Waals surface area contributed by atoms with Crippen molar-refractivity contribution in [3.63, 3.8) is 0 Å². The molecule has 2 N–H and O–H groups in total. The fraction of sp³-hybridized carbons (Fsp3) is 0.400. The van der Waals surface area contributed by atoms with Crippen LogP contribution in [0.15, 0.2) is 10.7 Å². The van der Waals surface area contributed by atoms with Gasteiger partial charge in [0.25, 0.3) is 6.43 Å². The van der Waals surface area contributed by atoms with Crippen LogP contribution >= 0.6 is 15.9 Å². The summed E-state index contributed by atoms with van der Waals surface area (Å²) < 4.78 is 30.4. The molecule has 0 atom stereocenters. The molecule has 0 aliphatic heterocycles. The number of hydrogen-bond acceptors (Lipinski definition) is 4. The Bertz CT molecular complexity index is 427. The number of ether oxygens (including phenoxy) is 1. The van der Waals surface area contributed by atoms with Crippen molar-refractivity contribution in [2.24, 2.45) is 0 Å². The number of hydrogen-bond donors (Lipinski definition) is 1. The molecule has 94 valence electrons. The quantitative estimate of drug-likeness (QED) is 0.868. The predicted molar refractivity (Wildman–Crippen MR) is 61.6 cm³/mol. The molecule has 0 saturated carbocycles. The van der Waals surface area contributed by atoms with Gasteiger partial charge in [0.2, 0.25) is 0 Å². The van der Waals surface area contributed by atoms with E-state index < -0.39 is 12.4 Å². The van der Waals surface area contributed by atoms with E-state index in [1.54, 1.807) is 6.92 Å². The lowest BCUT2D eigenvalue weighted by Gasteiger charge is -2.11. The Morgan fingerprint density at radius 1 is 1.65 bits per heavy atom. The first-order chi connectivity index (χ1) is 7.97. The van der Waals surface area contributed by atoms with Crippen LogP contribution in [-0.2, 0) is 16.0 Å². The lowest BCUT2D eigenvalue weighted by molar-refractivity contribution is -0.142. The molecular formula is C10H11BrF2N2O2. The molecule has 0 aromatic carbocycles. The van der Waals surface area contributed by atoms with E-state index in [1.165, 1.54) is 6.20 Å². The van der Waals surface area contributed by atoms with Crippen molar-refractivity contribution in [1.29, 1.82) is 0 Å². The van der Waals surface area contributed by atoms with E-state index >= 15 is 0 Å². The van der Waals surface area contributed by atoms with Gasteiger partial charge in [-0.1, -0.05) is 0 Å². The fourth-order valence-electron chi connectivity index (χ4n) is 1.30. The zero-order valence-corrected chi connectivity index (χ0v) is 10.6. The van der Waals surface area contributed by atoms with Gasteiger partial charge in [0.05, 0.1) is 17.5 Å². The summed E-state index contributed by atoms with van der Waals surface area (Å²) in [5.74, 6) is -0.610. The van der Waals surface area contributed by atoms with Gasteiger partial charge in [0.1, 0.15) is 5.82 Å². The minimum absolute atomic E-state index is 0.0225. The smallest absolute Gasteiger partial charge is 0.310 e. The summed E-state index contributed by atoms with van der Waals surface area (Å²) >= 11 is 2.94. The standard InChI is InChI=1S/C10H11BrF2N2O2/c1-2-17-6(16)3-5-4-15-10(14)8(11)7(5)9(12)13/h4,9H,2-3H2,1H3,(H2,14,15). The molecule has 1 aromatic rings. The zero-order valence-electron chi connectivity index (χ0n) is 9.04. The summed E-state index contributed by atoms with van der Waals surface area (Å²) in [7, 11) is 0. The van der Waals surface area contributed by atoms with E-state index in [4.69, 9.17) is 10.5 Å². The maximum Gasteiger partial charge on any atom is 0.310 e. The second-order valence-corrected chi connectivity index (χ2v) is 3.97. The third kappa shape index (κ3) is 3.36. The predicted octanol–water partition coefficient (Wildman–Crippen LogP) is 2.47. The number of nitrogen functional groups attached to an aromatic ring is 1. The number of alkyl halides is 2. The van der Waals surface area contributed by atoms with E-state index in [0.717, 1.165) is 0 Å². The highest BCUT2D eigenvalue weighted by atomic mass is 79.9. The Labute approximate surface area is 105 Å². The van der Waals surface area contributed by atoms with E-state index in [2.05, 4.69) is 20.9 Å². The highest BCUT2D eigenvalue weighted by molar-refractivity contribution is 9.10. The van der Waals surface area contributed by atoms with Crippen molar-refractivity contribution in [2.75, 3.05) is 12.3 Å². The Kier molecular flexibility index (Phi) is 4.80. The van der Waals surface area contributed by atoms with Gasteiger partial charge in [-0.2, -0.15) is 0 Å².